The number of piperazine rings is 1. The highest BCUT2D eigenvalue weighted by Crippen LogP contribution is 2.27. The van der Waals surface area contributed by atoms with Crippen molar-refractivity contribution >= 4 is 33.8 Å². The fourth-order valence-corrected chi connectivity index (χ4v) is 5.15. The fourth-order valence-electron chi connectivity index (χ4n) is 4.63. The molecule has 36 heavy (non-hydrogen) atoms. The lowest BCUT2D eigenvalue weighted by molar-refractivity contribution is 0.0345. The van der Waals surface area contributed by atoms with Gasteiger partial charge in [-0.1, -0.05) is 18.2 Å². The number of aliphatic hydroxyl groups is 1. The molecule has 3 heterocycles. The van der Waals surface area contributed by atoms with Gasteiger partial charge in [0.05, 0.1) is 5.60 Å². The molecule has 1 saturated heterocycles. The predicted molar refractivity (Wildman–Crippen MR) is 145 cm³/mol. The summed E-state index contributed by atoms with van der Waals surface area (Å²) >= 11 is 0. The second kappa shape index (κ2) is 10.0. The molecule has 0 radical (unpaired) electrons. The molecule has 0 bridgehead atoms. The van der Waals surface area contributed by atoms with Gasteiger partial charge in [-0.15, -0.1) is 5.10 Å². The summed E-state index contributed by atoms with van der Waals surface area (Å²) in [5.41, 5.74) is 4.12. The first kappa shape index (κ1) is 24.4. The van der Waals surface area contributed by atoms with Crippen LogP contribution < -0.4 is 10.2 Å². The Bertz CT molecular complexity index is 1370. The molecule has 1 atom stereocenters. The third-order valence-electron chi connectivity index (χ3n) is 6.31. The van der Waals surface area contributed by atoms with E-state index in [9.17, 15) is 9.32 Å². The normalized spacial score (nSPS) is 15.8. The molecular formula is C27H32N6O2S. The van der Waals surface area contributed by atoms with Crippen LogP contribution in [0.5, 0.6) is 0 Å². The molecule has 0 amide bonds. The van der Waals surface area contributed by atoms with Crippen molar-refractivity contribution in [2.75, 3.05) is 49.2 Å². The second-order valence-electron chi connectivity index (χ2n) is 9.85. The number of hydrogen-bond donors (Lipinski definition) is 2. The minimum absolute atomic E-state index is 0.529. The zero-order valence-corrected chi connectivity index (χ0v) is 21.7. The second-order valence-corrected chi connectivity index (χ2v) is 11.2. The van der Waals surface area contributed by atoms with Gasteiger partial charge in [-0.3, -0.25) is 9.11 Å². The van der Waals surface area contributed by atoms with Crippen LogP contribution in [-0.4, -0.2) is 73.4 Å². The molecule has 1 aliphatic heterocycles. The highest BCUT2D eigenvalue weighted by molar-refractivity contribution is 7.84. The first-order valence-corrected chi connectivity index (χ1v) is 13.7. The number of hydrogen-bond acceptors (Lipinski definition) is 7. The van der Waals surface area contributed by atoms with Gasteiger partial charge in [0.2, 0.25) is 5.95 Å². The van der Waals surface area contributed by atoms with Crippen LogP contribution >= 0.6 is 0 Å². The monoisotopic (exact) mass is 504 g/mol. The van der Waals surface area contributed by atoms with E-state index in [1.807, 2.05) is 68.6 Å². The molecule has 2 aromatic heterocycles. The summed E-state index contributed by atoms with van der Waals surface area (Å²) in [6.45, 7) is 8.08. The van der Waals surface area contributed by atoms with Gasteiger partial charge < -0.3 is 15.3 Å². The maximum Gasteiger partial charge on any atom is 0.247 e. The summed E-state index contributed by atoms with van der Waals surface area (Å²) in [6.07, 6.45) is 3.56. The number of aromatic nitrogens is 3. The van der Waals surface area contributed by atoms with Crippen LogP contribution in [0.1, 0.15) is 13.8 Å². The van der Waals surface area contributed by atoms with Gasteiger partial charge in [-0.25, -0.2) is 4.52 Å². The molecule has 2 N–H and O–H groups in total. The lowest BCUT2D eigenvalue weighted by Gasteiger charge is -2.38. The summed E-state index contributed by atoms with van der Waals surface area (Å²) in [7, 11) is -1.01. The van der Waals surface area contributed by atoms with Crippen molar-refractivity contribution in [1.29, 1.82) is 0 Å². The summed E-state index contributed by atoms with van der Waals surface area (Å²) in [4.78, 5) is 10.2. The standard InChI is InChI=1S/C27H32N6O2S/c1-27(2,34)19-31-14-16-32(17-15-31)22-7-4-6-21(18-22)28-26-29-25-24(8-5-13-33(25)30-26)20-9-11-23(12-10-20)36(3)35/h4-13,18,34H,14-17,19H2,1-3H3,(H,28,30). The minimum Gasteiger partial charge on any atom is -0.389 e. The third-order valence-corrected chi connectivity index (χ3v) is 7.25. The first-order valence-electron chi connectivity index (χ1n) is 12.1. The Labute approximate surface area is 214 Å². The Morgan fingerprint density at radius 2 is 1.78 bits per heavy atom. The molecule has 0 saturated carbocycles. The lowest BCUT2D eigenvalue weighted by atomic mass is 10.1. The molecule has 8 nitrogen and oxygen atoms in total. The van der Waals surface area contributed by atoms with Crippen LogP contribution in [0, 0.1) is 0 Å². The Balaban J connectivity index is 1.32. The van der Waals surface area contributed by atoms with Crippen LogP contribution in [0.3, 0.4) is 0 Å². The number of anilines is 3. The van der Waals surface area contributed by atoms with Gasteiger partial charge in [0.15, 0.2) is 5.65 Å². The smallest absolute Gasteiger partial charge is 0.247 e. The Hall–Kier alpha value is -3.27. The van der Waals surface area contributed by atoms with E-state index in [0.29, 0.717) is 12.5 Å². The zero-order valence-electron chi connectivity index (χ0n) is 20.9. The van der Waals surface area contributed by atoms with E-state index in [1.54, 1.807) is 10.8 Å². The number of fused-ring (bicyclic) bond motifs is 1. The van der Waals surface area contributed by atoms with Crippen LogP contribution in [0.2, 0.25) is 0 Å². The highest BCUT2D eigenvalue weighted by Gasteiger charge is 2.23. The lowest BCUT2D eigenvalue weighted by Crippen LogP contribution is -2.50. The van der Waals surface area contributed by atoms with Crippen LogP contribution in [-0.2, 0) is 10.8 Å². The number of pyridine rings is 1. The molecule has 1 fully saturated rings. The SMILES string of the molecule is CS(=O)c1ccc(-c2cccn3nc(Nc4cccc(N5CCN(CC(C)(C)O)CC5)c4)nc23)cc1. The number of nitrogens with zero attached hydrogens (tertiary/aromatic N) is 5. The van der Waals surface area contributed by atoms with Crippen LogP contribution in [0.25, 0.3) is 16.8 Å². The molecule has 0 spiro atoms. The van der Waals surface area contributed by atoms with Gasteiger partial charge in [0.25, 0.3) is 0 Å². The first-order chi connectivity index (χ1) is 17.2. The zero-order chi connectivity index (χ0) is 25.3. The van der Waals surface area contributed by atoms with Crippen molar-refractivity contribution in [1.82, 2.24) is 19.5 Å². The van der Waals surface area contributed by atoms with E-state index in [4.69, 9.17) is 4.98 Å². The predicted octanol–water partition coefficient (Wildman–Crippen LogP) is 3.77. The van der Waals surface area contributed by atoms with E-state index < -0.39 is 16.4 Å². The number of β-amino-alcohol motifs (C(OH)–C–C–N with tert-alkyl or cyclic N) is 1. The number of benzene rings is 2. The molecule has 1 unspecified atom stereocenters. The maximum atomic E-state index is 11.7. The Kier molecular flexibility index (Phi) is 6.79. The molecule has 0 aliphatic carbocycles. The fraction of sp³-hybridized carbons (Fsp3) is 0.333. The van der Waals surface area contributed by atoms with Gasteiger partial charge in [0.1, 0.15) is 0 Å². The molecule has 9 heteroatoms. The van der Waals surface area contributed by atoms with Crippen LogP contribution in [0.4, 0.5) is 17.3 Å². The van der Waals surface area contributed by atoms with Gasteiger partial charge >= 0.3 is 0 Å². The van der Waals surface area contributed by atoms with E-state index in [0.717, 1.165) is 59.2 Å². The van der Waals surface area contributed by atoms with Gasteiger partial charge in [0, 0.05) is 77.8 Å². The molecule has 1 aliphatic rings. The van der Waals surface area contributed by atoms with E-state index in [1.165, 1.54) is 0 Å². The molecule has 2 aromatic carbocycles. The number of nitrogens with one attached hydrogen (secondary N) is 1. The summed E-state index contributed by atoms with van der Waals surface area (Å²) < 4.78 is 13.5. The molecule has 188 valence electrons. The third kappa shape index (κ3) is 5.59. The topological polar surface area (TPSA) is 86.0 Å². The maximum absolute atomic E-state index is 11.7. The average molecular weight is 505 g/mol. The van der Waals surface area contributed by atoms with Crippen molar-refractivity contribution in [3.8, 4) is 11.1 Å². The van der Waals surface area contributed by atoms with E-state index >= 15 is 0 Å². The van der Waals surface area contributed by atoms with Crippen molar-refractivity contribution in [3.63, 3.8) is 0 Å². The van der Waals surface area contributed by atoms with E-state index in [-0.39, 0.29) is 0 Å². The van der Waals surface area contributed by atoms with E-state index in [2.05, 4.69) is 32.3 Å². The van der Waals surface area contributed by atoms with Crippen molar-refractivity contribution in [2.24, 2.45) is 0 Å². The summed E-state index contributed by atoms with van der Waals surface area (Å²) in [5, 5.41) is 18.1. The van der Waals surface area contributed by atoms with Gasteiger partial charge in [-0.05, 0) is 61.9 Å². The molecule has 4 aromatic rings. The quantitative estimate of drug-likeness (QED) is 0.396. The highest BCUT2D eigenvalue weighted by atomic mass is 32.2. The minimum atomic E-state index is -1.01. The number of rotatable bonds is 7. The molecular weight excluding hydrogens is 472 g/mol. The van der Waals surface area contributed by atoms with Gasteiger partial charge in [-0.2, -0.15) is 4.98 Å². The summed E-state index contributed by atoms with van der Waals surface area (Å²) in [6, 6.07) is 20.0. The van der Waals surface area contributed by atoms with Crippen LogP contribution in [0.15, 0.2) is 71.8 Å². The summed E-state index contributed by atoms with van der Waals surface area (Å²) in [5.74, 6) is 0.529. The Morgan fingerprint density at radius 1 is 1.03 bits per heavy atom. The molecule has 5 rings (SSSR count). The average Bonchev–Trinajstić information content (AvgIpc) is 3.26. The van der Waals surface area contributed by atoms with Crippen molar-refractivity contribution in [3.05, 3.63) is 66.9 Å². The van der Waals surface area contributed by atoms with Crippen molar-refractivity contribution < 1.29 is 9.32 Å². The Morgan fingerprint density at radius 3 is 2.47 bits per heavy atom. The largest absolute Gasteiger partial charge is 0.389 e. The van der Waals surface area contributed by atoms with Crippen molar-refractivity contribution in [2.45, 2.75) is 24.3 Å².